The lowest BCUT2D eigenvalue weighted by atomic mass is 10.2. The fourth-order valence-electron chi connectivity index (χ4n) is 2.15. The van der Waals surface area contributed by atoms with Crippen LogP contribution in [0.4, 0.5) is 0 Å². The molecule has 1 amide bonds. The third kappa shape index (κ3) is 4.10. The first-order valence-corrected chi connectivity index (χ1v) is 8.07. The van der Waals surface area contributed by atoms with Crippen molar-refractivity contribution in [1.82, 2.24) is 4.72 Å². The normalized spacial score (nSPS) is 15.7. The summed E-state index contributed by atoms with van der Waals surface area (Å²) in [4.78, 5) is 11.3. The third-order valence-corrected chi connectivity index (χ3v) is 4.99. The largest absolute Gasteiger partial charge is 0.496 e. The molecule has 0 aromatic heterocycles. The number of methoxy groups -OCH3 is 1. The van der Waals surface area contributed by atoms with Crippen LogP contribution in [0.25, 0.3) is 0 Å². The molecule has 1 aliphatic carbocycles. The standard InChI is InChI=1S/C13H19N3O4S.ClH/c1-20-12-5-4-9(6-10(12)13(15)17)21(18,19)16-11(7-14)8-2-3-8;/h4-6,8,11,16H,2-3,7,14H2,1H3,(H2,15,17);1H. The Morgan fingerprint density at radius 1 is 1.45 bits per heavy atom. The first-order valence-electron chi connectivity index (χ1n) is 6.59. The van der Waals surface area contributed by atoms with E-state index in [-0.39, 0.29) is 41.2 Å². The SMILES string of the molecule is COc1ccc(S(=O)(=O)NC(CN)C2CC2)cc1C(N)=O.Cl. The molecule has 2 rings (SSSR count). The molecule has 0 bridgehead atoms. The molecule has 0 aliphatic heterocycles. The van der Waals surface area contributed by atoms with Gasteiger partial charge in [-0.25, -0.2) is 13.1 Å². The zero-order valence-corrected chi connectivity index (χ0v) is 13.7. The average Bonchev–Trinajstić information content (AvgIpc) is 3.28. The van der Waals surface area contributed by atoms with Crippen LogP contribution in [0.3, 0.4) is 0 Å². The lowest BCUT2D eigenvalue weighted by Gasteiger charge is -2.17. The zero-order valence-electron chi connectivity index (χ0n) is 12.1. The van der Waals surface area contributed by atoms with Gasteiger partial charge in [-0.05, 0) is 37.0 Å². The van der Waals surface area contributed by atoms with Gasteiger partial charge >= 0.3 is 0 Å². The lowest BCUT2D eigenvalue weighted by Crippen LogP contribution is -2.41. The average molecular weight is 350 g/mol. The number of ether oxygens (including phenoxy) is 1. The van der Waals surface area contributed by atoms with E-state index in [0.29, 0.717) is 5.92 Å². The fourth-order valence-corrected chi connectivity index (χ4v) is 3.49. The molecule has 0 saturated heterocycles. The van der Waals surface area contributed by atoms with Gasteiger partial charge in [-0.2, -0.15) is 0 Å². The van der Waals surface area contributed by atoms with Gasteiger partial charge in [0, 0.05) is 12.6 Å². The second-order valence-electron chi connectivity index (χ2n) is 5.03. The summed E-state index contributed by atoms with van der Waals surface area (Å²) >= 11 is 0. The molecule has 1 aliphatic rings. The van der Waals surface area contributed by atoms with Gasteiger partial charge in [-0.1, -0.05) is 0 Å². The summed E-state index contributed by atoms with van der Waals surface area (Å²) in [5.74, 6) is -0.223. The molecule has 1 fully saturated rings. The van der Waals surface area contributed by atoms with Crippen LogP contribution in [0, 0.1) is 5.92 Å². The van der Waals surface area contributed by atoms with Crippen molar-refractivity contribution < 1.29 is 17.9 Å². The summed E-state index contributed by atoms with van der Waals surface area (Å²) in [6, 6.07) is 3.70. The van der Waals surface area contributed by atoms with Crippen molar-refractivity contribution >= 4 is 28.3 Å². The molecule has 22 heavy (non-hydrogen) atoms. The van der Waals surface area contributed by atoms with Crippen LogP contribution >= 0.6 is 12.4 Å². The van der Waals surface area contributed by atoms with Crippen molar-refractivity contribution in [1.29, 1.82) is 0 Å². The number of rotatable bonds is 7. The maximum Gasteiger partial charge on any atom is 0.252 e. The highest BCUT2D eigenvalue weighted by Crippen LogP contribution is 2.33. The first kappa shape index (κ1) is 18.7. The number of carbonyl (C=O) groups is 1. The fraction of sp³-hybridized carbons (Fsp3) is 0.462. The number of nitrogens with one attached hydrogen (secondary N) is 1. The predicted octanol–water partition coefficient (Wildman–Crippen LogP) is 0.231. The van der Waals surface area contributed by atoms with Crippen molar-refractivity contribution in [3.8, 4) is 5.75 Å². The molecule has 1 saturated carbocycles. The highest BCUT2D eigenvalue weighted by Gasteiger charge is 2.33. The van der Waals surface area contributed by atoms with Crippen molar-refractivity contribution in [2.24, 2.45) is 17.4 Å². The molecular formula is C13H20ClN3O4S. The second kappa shape index (κ2) is 7.28. The molecule has 0 heterocycles. The summed E-state index contributed by atoms with van der Waals surface area (Å²) in [7, 11) is -2.37. The minimum Gasteiger partial charge on any atom is -0.496 e. The monoisotopic (exact) mass is 349 g/mol. The van der Waals surface area contributed by atoms with Gasteiger partial charge in [-0.3, -0.25) is 4.79 Å². The van der Waals surface area contributed by atoms with Crippen LogP contribution in [0.2, 0.25) is 0 Å². The van der Waals surface area contributed by atoms with E-state index < -0.39 is 15.9 Å². The van der Waals surface area contributed by atoms with E-state index in [1.54, 1.807) is 0 Å². The zero-order chi connectivity index (χ0) is 15.6. The van der Waals surface area contributed by atoms with E-state index in [0.717, 1.165) is 12.8 Å². The molecule has 9 heteroatoms. The Hall–Kier alpha value is -1.35. The van der Waals surface area contributed by atoms with Gasteiger partial charge in [-0.15, -0.1) is 12.4 Å². The lowest BCUT2D eigenvalue weighted by molar-refractivity contribution is 0.0997. The summed E-state index contributed by atoms with van der Waals surface area (Å²) in [6.07, 6.45) is 1.94. The van der Waals surface area contributed by atoms with Gasteiger partial charge in [0.2, 0.25) is 10.0 Å². The van der Waals surface area contributed by atoms with Gasteiger partial charge in [0.05, 0.1) is 17.6 Å². The van der Waals surface area contributed by atoms with Crippen LogP contribution in [-0.4, -0.2) is 34.0 Å². The van der Waals surface area contributed by atoms with E-state index in [9.17, 15) is 13.2 Å². The molecule has 7 nitrogen and oxygen atoms in total. The number of amides is 1. The Kier molecular flexibility index (Phi) is 6.18. The van der Waals surface area contributed by atoms with Gasteiger partial charge < -0.3 is 16.2 Å². The number of hydrogen-bond donors (Lipinski definition) is 3. The van der Waals surface area contributed by atoms with E-state index in [1.165, 1.54) is 25.3 Å². The van der Waals surface area contributed by atoms with Crippen molar-refractivity contribution in [2.75, 3.05) is 13.7 Å². The quantitative estimate of drug-likeness (QED) is 0.650. The molecule has 1 atom stereocenters. The maximum atomic E-state index is 12.3. The number of primary amides is 1. The van der Waals surface area contributed by atoms with Gasteiger partial charge in [0.15, 0.2) is 0 Å². The van der Waals surface area contributed by atoms with E-state index in [1.807, 2.05) is 0 Å². The summed E-state index contributed by atoms with van der Waals surface area (Å²) in [5, 5.41) is 0. The molecule has 124 valence electrons. The number of hydrogen-bond acceptors (Lipinski definition) is 5. The Balaban J connectivity index is 0.00000242. The topological polar surface area (TPSA) is 125 Å². The number of nitrogens with two attached hydrogens (primary N) is 2. The Bertz CT molecular complexity index is 647. The first-order chi connectivity index (χ1) is 9.89. The van der Waals surface area contributed by atoms with Crippen molar-refractivity contribution in [2.45, 2.75) is 23.8 Å². The Morgan fingerprint density at radius 3 is 2.55 bits per heavy atom. The summed E-state index contributed by atoms with van der Waals surface area (Å²) in [6.45, 7) is 0.239. The van der Waals surface area contributed by atoms with Crippen LogP contribution < -0.4 is 20.9 Å². The highest BCUT2D eigenvalue weighted by atomic mass is 35.5. The number of carbonyl (C=O) groups excluding carboxylic acids is 1. The van der Waals surface area contributed by atoms with E-state index >= 15 is 0 Å². The maximum absolute atomic E-state index is 12.3. The molecule has 1 aromatic rings. The Labute approximate surface area is 135 Å². The molecule has 0 radical (unpaired) electrons. The molecule has 1 aromatic carbocycles. The van der Waals surface area contributed by atoms with Gasteiger partial charge in [0.1, 0.15) is 5.75 Å². The van der Waals surface area contributed by atoms with E-state index in [2.05, 4.69) is 4.72 Å². The number of benzene rings is 1. The summed E-state index contributed by atoms with van der Waals surface area (Å²) < 4.78 is 32.3. The molecule has 1 unspecified atom stereocenters. The predicted molar refractivity (Wildman–Crippen MR) is 84.6 cm³/mol. The van der Waals surface area contributed by atoms with Crippen LogP contribution in [0.5, 0.6) is 5.75 Å². The van der Waals surface area contributed by atoms with Crippen molar-refractivity contribution in [3.63, 3.8) is 0 Å². The second-order valence-corrected chi connectivity index (χ2v) is 6.74. The van der Waals surface area contributed by atoms with Crippen LogP contribution in [-0.2, 0) is 10.0 Å². The van der Waals surface area contributed by atoms with Crippen LogP contribution in [0.15, 0.2) is 23.1 Å². The van der Waals surface area contributed by atoms with Crippen LogP contribution in [0.1, 0.15) is 23.2 Å². The minimum absolute atomic E-state index is 0. The Morgan fingerprint density at radius 2 is 2.09 bits per heavy atom. The van der Waals surface area contributed by atoms with Crippen molar-refractivity contribution in [3.05, 3.63) is 23.8 Å². The van der Waals surface area contributed by atoms with E-state index in [4.69, 9.17) is 16.2 Å². The molecule has 5 N–H and O–H groups in total. The van der Waals surface area contributed by atoms with Gasteiger partial charge in [0.25, 0.3) is 5.91 Å². The smallest absolute Gasteiger partial charge is 0.252 e. The molecular weight excluding hydrogens is 330 g/mol. The summed E-state index contributed by atoms with van der Waals surface area (Å²) in [5.41, 5.74) is 10.9. The number of sulfonamides is 1. The highest BCUT2D eigenvalue weighted by molar-refractivity contribution is 7.89. The molecule has 0 spiro atoms. The minimum atomic E-state index is -3.75. The third-order valence-electron chi connectivity index (χ3n) is 3.50. The number of halogens is 1.